The minimum atomic E-state index is 0.813. The standard InChI is InChI=1S/C4H7PS/c6-3-1-2-4(3)5-2/h2-6H,1H2/t2-,3+,4?/m0/s1. The molecule has 1 aliphatic carbocycles. The van der Waals surface area contributed by atoms with Gasteiger partial charge in [0, 0.05) is 5.25 Å². The van der Waals surface area contributed by atoms with Gasteiger partial charge in [-0.05, 0) is 17.7 Å². The molecule has 2 aliphatic rings. The van der Waals surface area contributed by atoms with Crippen molar-refractivity contribution in [2.75, 3.05) is 0 Å². The molecular formula is C4H7PS. The Bertz CT molecular complexity index is 83.6. The predicted octanol–water partition coefficient (Wildman–Crippen LogP) is 1.12. The molecular weight excluding hydrogens is 111 g/mol. The van der Waals surface area contributed by atoms with Crippen LogP contribution in [0.2, 0.25) is 0 Å². The SMILES string of the molecule is S[C@@H]1C[C@@H]2PC12. The highest BCUT2D eigenvalue weighted by atomic mass is 32.1. The van der Waals surface area contributed by atoms with E-state index in [0.717, 1.165) is 16.6 Å². The summed E-state index contributed by atoms with van der Waals surface area (Å²) in [6.07, 6.45) is 1.42. The molecule has 0 aromatic carbocycles. The van der Waals surface area contributed by atoms with Crippen LogP contribution in [-0.4, -0.2) is 16.6 Å². The van der Waals surface area contributed by atoms with Crippen molar-refractivity contribution in [3.8, 4) is 0 Å². The summed E-state index contributed by atoms with van der Waals surface area (Å²) in [5.74, 6) is 0. The maximum Gasteiger partial charge on any atom is 0.00942 e. The molecule has 2 unspecified atom stereocenters. The van der Waals surface area contributed by atoms with Crippen molar-refractivity contribution in [2.24, 2.45) is 0 Å². The maximum absolute atomic E-state index is 4.33. The quantitative estimate of drug-likeness (QED) is 0.357. The zero-order valence-electron chi connectivity index (χ0n) is 3.39. The highest BCUT2D eigenvalue weighted by molar-refractivity contribution is 7.82. The summed E-state index contributed by atoms with van der Waals surface area (Å²) < 4.78 is 0. The normalized spacial score (nSPS) is 66.5. The Morgan fingerprint density at radius 1 is 1.67 bits per heavy atom. The summed E-state index contributed by atoms with van der Waals surface area (Å²) in [6.45, 7) is 0. The van der Waals surface area contributed by atoms with Crippen molar-refractivity contribution < 1.29 is 0 Å². The third kappa shape index (κ3) is 0.313. The van der Waals surface area contributed by atoms with Gasteiger partial charge >= 0.3 is 0 Å². The molecule has 34 valence electrons. The van der Waals surface area contributed by atoms with Gasteiger partial charge in [-0.3, -0.25) is 0 Å². The van der Waals surface area contributed by atoms with Crippen LogP contribution in [0.1, 0.15) is 6.42 Å². The molecule has 2 fully saturated rings. The van der Waals surface area contributed by atoms with Crippen molar-refractivity contribution >= 4 is 21.2 Å². The molecule has 0 nitrogen and oxygen atoms in total. The zero-order valence-corrected chi connectivity index (χ0v) is 5.28. The highest BCUT2D eigenvalue weighted by Crippen LogP contribution is 2.64. The summed E-state index contributed by atoms with van der Waals surface area (Å²) in [5, 5.41) is 0.813. The van der Waals surface area contributed by atoms with Crippen LogP contribution in [0.25, 0.3) is 0 Å². The summed E-state index contributed by atoms with van der Waals surface area (Å²) in [6, 6.07) is 0. The lowest BCUT2D eigenvalue weighted by Gasteiger charge is -2.16. The molecule has 1 heterocycles. The van der Waals surface area contributed by atoms with E-state index >= 15 is 0 Å². The van der Waals surface area contributed by atoms with Crippen LogP contribution in [0, 0.1) is 0 Å². The molecule has 2 heteroatoms. The lowest BCUT2D eigenvalue weighted by atomic mass is 10.0. The van der Waals surface area contributed by atoms with Crippen LogP contribution in [0.15, 0.2) is 0 Å². The molecule has 0 aromatic heterocycles. The third-order valence-corrected chi connectivity index (χ3v) is 4.28. The van der Waals surface area contributed by atoms with E-state index in [4.69, 9.17) is 0 Å². The topological polar surface area (TPSA) is 0 Å². The monoisotopic (exact) mass is 118 g/mol. The molecule has 4 atom stereocenters. The van der Waals surface area contributed by atoms with Gasteiger partial charge in [-0.2, -0.15) is 12.6 Å². The van der Waals surface area contributed by atoms with Crippen molar-refractivity contribution in [2.45, 2.75) is 23.0 Å². The maximum atomic E-state index is 4.33. The smallest absolute Gasteiger partial charge is 0.00942 e. The van der Waals surface area contributed by atoms with E-state index in [2.05, 4.69) is 12.6 Å². The van der Waals surface area contributed by atoms with E-state index in [1.165, 1.54) is 15.0 Å². The lowest BCUT2D eigenvalue weighted by Crippen LogP contribution is -2.23. The average Bonchev–Trinajstić information content (AvgIpc) is 2.12. The Morgan fingerprint density at radius 3 is 2.50 bits per heavy atom. The second-order valence-electron chi connectivity index (χ2n) is 2.10. The number of hydrogen-bond donors (Lipinski definition) is 1. The van der Waals surface area contributed by atoms with Crippen molar-refractivity contribution in [1.82, 2.24) is 0 Å². The molecule has 0 N–H and O–H groups in total. The molecule has 2 rings (SSSR count). The van der Waals surface area contributed by atoms with Gasteiger partial charge in [-0.1, -0.05) is 0 Å². The van der Waals surface area contributed by atoms with Gasteiger partial charge in [0.2, 0.25) is 0 Å². The minimum absolute atomic E-state index is 0.813. The number of thiol groups is 1. The van der Waals surface area contributed by atoms with E-state index in [0.29, 0.717) is 0 Å². The molecule has 0 aromatic rings. The van der Waals surface area contributed by atoms with Gasteiger partial charge in [0.15, 0.2) is 0 Å². The first-order valence-electron chi connectivity index (χ1n) is 2.32. The fraction of sp³-hybridized carbons (Fsp3) is 1.00. The fourth-order valence-electron chi connectivity index (χ4n) is 0.996. The summed E-state index contributed by atoms with van der Waals surface area (Å²) in [4.78, 5) is 0. The Morgan fingerprint density at radius 2 is 2.50 bits per heavy atom. The van der Waals surface area contributed by atoms with Crippen LogP contribution in [0.4, 0.5) is 0 Å². The summed E-state index contributed by atoms with van der Waals surface area (Å²) in [7, 11) is 1.30. The first-order chi connectivity index (χ1) is 2.88. The number of fused-ring (bicyclic) bond motifs is 1. The van der Waals surface area contributed by atoms with E-state index in [-0.39, 0.29) is 0 Å². The molecule has 0 bridgehead atoms. The van der Waals surface area contributed by atoms with Crippen LogP contribution in [0.3, 0.4) is 0 Å². The Hall–Kier alpha value is 0.780. The first-order valence-corrected chi connectivity index (χ1v) is 3.99. The van der Waals surface area contributed by atoms with Crippen molar-refractivity contribution in [3.63, 3.8) is 0 Å². The van der Waals surface area contributed by atoms with Gasteiger partial charge in [0.25, 0.3) is 0 Å². The van der Waals surface area contributed by atoms with Crippen LogP contribution in [0.5, 0.6) is 0 Å². The molecule has 6 heavy (non-hydrogen) atoms. The molecule has 1 aliphatic heterocycles. The molecule has 0 amide bonds. The number of rotatable bonds is 0. The Kier molecular flexibility index (Phi) is 0.594. The van der Waals surface area contributed by atoms with Gasteiger partial charge in [0.05, 0.1) is 0 Å². The van der Waals surface area contributed by atoms with Gasteiger partial charge < -0.3 is 0 Å². The van der Waals surface area contributed by atoms with E-state index in [1.807, 2.05) is 0 Å². The largest absolute Gasteiger partial charge is 0.175 e. The second-order valence-corrected chi connectivity index (χ2v) is 4.51. The third-order valence-electron chi connectivity index (χ3n) is 1.64. The minimum Gasteiger partial charge on any atom is -0.175 e. The van der Waals surface area contributed by atoms with Crippen LogP contribution < -0.4 is 0 Å². The molecule has 1 saturated heterocycles. The van der Waals surface area contributed by atoms with Crippen LogP contribution in [-0.2, 0) is 0 Å². The fourth-order valence-corrected chi connectivity index (χ4v) is 3.55. The second kappa shape index (κ2) is 0.952. The summed E-state index contributed by atoms with van der Waals surface area (Å²) in [5.41, 5.74) is 2.25. The zero-order chi connectivity index (χ0) is 4.15. The van der Waals surface area contributed by atoms with E-state index < -0.39 is 0 Å². The highest BCUT2D eigenvalue weighted by Gasteiger charge is 2.51. The molecule has 1 saturated carbocycles. The Labute approximate surface area is 44.9 Å². The van der Waals surface area contributed by atoms with E-state index in [1.54, 1.807) is 0 Å². The Balaban J connectivity index is 2.08. The molecule has 0 radical (unpaired) electrons. The van der Waals surface area contributed by atoms with E-state index in [9.17, 15) is 0 Å². The van der Waals surface area contributed by atoms with Gasteiger partial charge in [-0.15, -0.1) is 8.58 Å². The number of hydrogen-bond acceptors (Lipinski definition) is 1. The average molecular weight is 118 g/mol. The molecule has 0 spiro atoms. The first kappa shape index (κ1) is 3.74. The predicted molar refractivity (Wildman–Crippen MR) is 33.3 cm³/mol. The lowest BCUT2D eigenvalue weighted by molar-refractivity contribution is 0.634. The van der Waals surface area contributed by atoms with Gasteiger partial charge in [-0.25, -0.2) is 0 Å². The van der Waals surface area contributed by atoms with Crippen molar-refractivity contribution in [3.05, 3.63) is 0 Å². The van der Waals surface area contributed by atoms with Crippen molar-refractivity contribution in [1.29, 1.82) is 0 Å². The van der Waals surface area contributed by atoms with Gasteiger partial charge in [0.1, 0.15) is 0 Å². The summed E-state index contributed by atoms with van der Waals surface area (Å²) >= 11 is 4.33. The van der Waals surface area contributed by atoms with Crippen LogP contribution >= 0.6 is 21.2 Å².